The summed E-state index contributed by atoms with van der Waals surface area (Å²) in [5.41, 5.74) is 1.31. The molecule has 2 aromatic carbocycles. The SMILES string of the molecule is COc1ccc(C2OC2(C(=O)O)c2ccc(C)cc2)cc1. The van der Waals surface area contributed by atoms with E-state index in [2.05, 4.69) is 0 Å². The molecule has 1 aliphatic rings. The number of hydrogen-bond acceptors (Lipinski definition) is 3. The number of hydrogen-bond donors (Lipinski definition) is 1. The first-order chi connectivity index (χ1) is 10.1. The molecule has 1 aliphatic heterocycles. The van der Waals surface area contributed by atoms with E-state index in [0.717, 1.165) is 16.9 Å². The van der Waals surface area contributed by atoms with E-state index in [4.69, 9.17) is 9.47 Å². The van der Waals surface area contributed by atoms with Gasteiger partial charge in [-0.2, -0.15) is 0 Å². The van der Waals surface area contributed by atoms with Crippen molar-refractivity contribution in [2.75, 3.05) is 7.11 Å². The molecule has 2 aromatic rings. The van der Waals surface area contributed by atoms with Crippen molar-refractivity contribution in [3.8, 4) is 5.75 Å². The zero-order valence-corrected chi connectivity index (χ0v) is 11.9. The highest BCUT2D eigenvalue weighted by atomic mass is 16.6. The molecule has 2 unspecified atom stereocenters. The summed E-state index contributed by atoms with van der Waals surface area (Å²) in [6, 6.07) is 14.7. The fourth-order valence-corrected chi connectivity index (χ4v) is 2.54. The van der Waals surface area contributed by atoms with Crippen LogP contribution in [0.4, 0.5) is 0 Å². The van der Waals surface area contributed by atoms with Gasteiger partial charge in [0.1, 0.15) is 11.9 Å². The molecule has 1 N–H and O–H groups in total. The Bertz CT molecular complexity index is 660. The molecule has 4 nitrogen and oxygen atoms in total. The quantitative estimate of drug-likeness (QED) is 0.877. The molecule has 3 rings (SSSR count). The molecule has 2 atom stereocenters. The maximum Gasteiger partial charge on any atom is 0.343 e. The molecule has 1 fully saturated rings. The summed E-state index contributed by atoms with van der Waals surface area (Å²) in [4.78, 5) is 11.7. The van der Waals surface area contributed by atoms with Crippen LogP contribution in [0.15, 0.2) is 48.5 Å². The molecule has 0 aromatic heterocycles. The van der Waals surface area contributed by atoms with Crippen LogP contribution in [0.3, 0.4) is 0 Å². The number of ether oxygens (including phenoxy) is 2. The zero-order valence-electron chi connectivity index (χ0n) is 11.9. The van der Waals surface area contributed by atoms with E-state index in [1.165, 1.54) is 0 Å². The highest BCUT2D eigenvalue weighted by molar-refractivity contribution is 5.84. The second kappa shape index (κ2) is 4.90. The van der Waals surface area contributed by atoms with Gasteiger partial charge in [-0.25, -0.2) is 4.79 Å². The third kappa shape index (κ3) is 2.17. The monoisotopic (exact) mass is 284 g/mol. The van der Waals surface area contributed by atoms with E-state index in [1.807, 2.05) is 43.3 Å². The van der Waals surface area contributed by atoms with Gasteiger partial charge in [-0.3, -0.25) is 0 Å². The Kier molecular flexibility index (Phi) is 3.18. The molecule has 21 heavy (non-hydrogen) atoms. The van der Waals surface area contributed by atoms with Gasteiger partial charge < -0.3 is 14.6 Å². The second-order valence-electron chi connectivity index (χ2n) is 5.18. The maximum atomic E-state index is 11.7. The summed E-state index contributed by atoms with van der Waals surface area (Å²) >= 11 is 0. The zero-order chi connectivity index (χ0) is 15.0. The Hall–Kier alpha value is -2.33. The van der Waals surface area contributed by atoms with Crippen molar-refractivity contribution in [3.05, 3.63) is 65.2 Å². The standard InChI is InChI=1S/C17H16O4/c1-11-3-7-13(8-4-11)17(16(18)19)15(21-17)12-5-9-14(20-2)10-6-12/h3-10,15H,1-2H3,(H,18,19). The molecule has 0 radical (unpaired) electrons. The Balaban J connectivity index is 1.94. The Morgan fingerprint density at radius 1 is 1.14 bits per heavy atom. The predicted octanol–water partition coefficient (Wildman–Crippen LogP) is 3.06. The molecule has 0 bridgehead atoms. The lowest BCUT2D eigenvalue weighted by atomic mass is 9.91. The van der Waals surface area contributed by atoms with Crippen molar-refractivity contribution < 1.29 is 19.4 Å². The van der Waals surface area contributed by atoms with E-state index in [1.54, 1.807) is 19.2 Å². The van der Waals surface area contributed by atoms with Crippen LogP contribution in [0.2, 0.25) is 0 Å². The summed E-state index contributed by atoms with van der Waals surface area (Å²) < 4.78 is 10.7. The highest BCUT2D eigenvalue weighted by Gasteiger charge is 2.65. The maximum absolute atomic E-state index is 11.7. The first-order valence-electron chi connectivity index (χ1n) is 6.70. The number of aryl methyl sites for hydroxylation is 1. The molecule has 0 aliphatic carbocycles. The minimum atomic E-state index is -1.28. The van der Waals surface area contributed by atoms with Gasteiger partial charge in [-0.05, 0) is 30.2 Å². The lowest BCUT2D eigenvalue weighted by molar-refractivity contribution is -0.143. The molecular formula is C17H16O4. The first kappa shape index (κ1) is 13.6. The molecule has 108 valence electrons. The highest BCUT2D eigenvalue weighted by Crippen LogP contribution is 2.57. The molecule has 4 heteroatoms. The summed E-state index contributed by atoms with van der Waals surface area (Å²) in [7, 11) is 1.59. The van der Waals surface area contributed by atoms with Gasteiger partial charge >= 0.3 is 5.97 Å². The van der Waals surface area contributed by atoms with Crippen LogP contribution in [-0.4, -0.2) is 18.2 Å². The lowest BCUT2D eigenvalue weighted by Gasteiger charge is -2.09. The predicted molar refractivity (Wildman–Crippen MR) is 77.3 cm³/mol. The number of carboxylic acid groups (broad SMARTS) is 1. The summed E-state index contributed by atoms with van der Waals surface area (Å²) in [5, 5.41) is 9.61. The largest absolute Gasteiger partial charge is 0.497 e. The van der Waals surface area contributed by atoms with Crippen molar-refractivity contribution in [2.45, 2.75) is 18.6 Å². The van der Waals surface area contributed by atoms with E-state index in [9.17, 15) is 9.90 Å². The van der Waals surface area contributed by atoms with Crippen LogP contribution in [0.5, 0.6) is 5.75 Å². The van der Waals surface area contributed by atoms with Crippen molar-refractivity contribution in [1.82, 2.24) is 0 Å². The lowest BCUT2D eigenvalue weighted by Crippen LogP contribution is -2.22. The molecule has 1 heterocycles. The fourth-order valence-electron chi connectivity index (χ4n) is 2.54. The minimum absolute atomic E-state index is 0.469. The number of aliphatic carboxylic acids is 1. The van der Waals surface area contributed by atoms with Crippen molar-refractivity contribution in [1.29, 1.82) is 0 Å². The van der Waals surface area contributed by atoms with Gasteiger partial charge in [0, 0.05) is 0 Å². The van der Waals surface area contributed by atoms with Crippen molar-refractivity contribution >= 4 is 5.97 Å². The van der Waals surface area contributed by atoms with Crippen LogP contribution in [0.25, 0.3) is 0 Å². The molecule has 0 saturated carbocycles. The third-order valence-electron chi connectivity index (χ3n) is 3.83. The Labute approximate surface area is 122 Å². The number of methoxy groups -OCH3 is 1. The molecule has 0 spiro atoms. The summed E-state index contributed by atoms with van der Waals surface area (Å²) in [5.74, 6) is -0.233. The topological polar surface area (TPSA) is 59.1 Å². The Morgan fingerprint density at radius 3 is 2.29 bits per heavy atom. The first-order valence-corrected chi connectivity index (χ1v) is 6.70. The van der Waals surface area contributed by atoms with E-state index >= 15 is 0 Å². The normalized spacial score (nSPS) is 23.6. The van der Waals surface area contributed by atoms with E-state index in [-0.39, 0.29) is 0 Å². The van der Waals surface area contributed by atoms with Crippen molar-refractivity contribution in [2.24, 2.45) is 0 Å². The summed E-state index contributed by atoms with van der Waals surface area (Å²) in [6.45, 7) is 1.96. The van der Waals surface area contributed by atoms with Crippen LogP contribution < -0.4 is 4.74 Å². The van der Waals surface area contributed by atoms with Gasteiger partial charge in [-0.15, -0.1) is 0 Å². The third-order valence-corrected chi connectivity index (χ3v) is 3.83. The summed E-state index contributed by atoms with van der Waals surface area (Å²) in [6.07, 6.45) is -0.469. The molecule has 1 saturated heterocycles. The van der Waals surface area contributed by atoms with Gasteiger partial charge in [0.25, 0.3) is 0 Å². The van der Waals surface area contributed by atoms with Crippen LogP contribution >= 0.6 is 0 Å². The van der Waals surface area contributed by atoms with Gasteiger partial charge in [0.2, 0.25) is 5.60 Å². The van der Waals surface area contributed by atoms with Gasteiger partial charge in [0.15, 0.2) is 0 Å². The van der Waals surface area contributed by atoms with Crippen LogP contribution in [0.1, 0.15) is 22.8 Å². The second-order valence-corrected chi connectivity index (χ2v) is 5.18. The number of benzene rings is 2. The Morgan fingerprint density at radius 2 is 1.76 bits per heavy atom. The smallest absolute Gasteiger partial charge is 0.343 e. The van der Waals surface area contributed by atoms with Gasteiger partial charge in [0.05, 0.1) is 7.11 Å². The number of rotatable bonds is 4. The minimum Gasteiger partial charge on any atom is -0.497 e. The van der Waals surface area contributed by atoms with E-state index in [0.29, 0.717) is 5.56 Å². The van der Waals surface area contributed by atoms with Crippen molar-refractivity contribution in [3.63, 3.8) is 0 Å². The molecule has 0 amide bonds. The average molecular weight is 284 g/mol. The van der Waals surface area contributed by atoms with Gasteiger partial charge in [-0.1, -0.05) is 42.0 Å². The number of carbonyl (C=O) groups is 1. The van der Waals surface area contributed by atoms with Crippen LogP contribution in [0, 0.1) is 6.92 Å². The average Bonchev–Trinajstić information content (AvgIpc) is 3.25. The molecular weight excluding hydrogens is 268 g/mol. The van der Waals surface area contributed by atoms with E-state index < -0.39 is 17.7 Å². The number of carboxylic acids is 1. The fraction of sp³-hybridized carbons (Fsp3) is 0.235. The number of epoxide rings is 1. The van der Waals surface area contributed by atoms with Crippen LogP contribution in [-0.2, 0) is 15.1 Å².